The van der Waals surface area contributed by atoms with Crippen molar-refractivity contribution in [2.45, 2.75) is 90.3 Å². The number of nitrogens with zero attached hydrogens (tertiary/aromatic N) is 2. The third kappa shape index (κ3) is 4.34. The number of aliphatic carboxylic acids is 1. The molecule has 6 unspecified atom stereocenters. The number of carbonyl (C=O) groups is 4. The number of unbranched alkanes of at least 4 members (excludes halogenated alkanes) is 2. The molecule has 2 heterocycles. The molecule has 0 aromatic carbocycles. The number of likely N-dealkylation sites (N-methyl/N-ethyl adjacent to an activating group) is 1. The Labute approximate surface area is 190 Å². The SMILES string of the molecule is CCCCC[N+]1(C2CCCC(C(=O)O)C2)C(C)CC(/C=C2\C(=O)NC(=O)N(C)C2=O)C1C. The topological polar surface area (TPSA) is 104 Å². The lowest BCUT2D eigenvalue weighted by atomic mass is 9.82. The van der Waals surface area contributed by atoms with E-state index in [1.165, 1.54) is 7.05 Å². The summed E-state index contributed by atoms with van der Waals surface area (Å²) >= 11 is 0. The molecule has 2 saturated heterocycles. The molecule has 2 N–H and O–H groups in total. The summed E-state index contributed by atoms with van der Waals surface area (Å²) in [6.45, 7) is 7.61. The van der Waals surface area contributed by atoms with Gasteiger partial charge in [0.1, 0.15) is 5.57 Å². The zero-order chi connectivity index (χ0) is 23.6. The van der Waals surface area contributed by atoms with Gasteiger partial charge in [-0.25, -0.2) is 4.79 Å². The Balaban J connectivity index is 1.93. The molecule has 0 bridgehead atoms. The lowest BCUT2D eigenvalue weighted by molar-refractivity contribution is -0.982. The summed E-state index contributed by atoms with van der Waals surface area (Å²) in [4.78, 5) is 49.5. The molecule has 0 radical (unpaired) electrons. The Morgan fingerprint density at radius 1 is 1.19 bits per heavy atom. The van der Waals surface area contributed by atoms with Gasteiger partial charge in [0.05, 0.1) is 30.6 Å². The maximum atomic E-state index is 12.6. The zero-order valence-corrected chi connectivity index (χ0v) is 19.8. The highest BCUT2D eigenvalue weighted by molar-refractivity contribution is 6.28. The second-order valence-corrected chi connectivity index (χ2v) is 9.97. The molecule has 0 aromatic heterocycles. The first-order chi connectivity index (χ1) is 15.1. The number of nitrogens with one attached hydrogen (secondary N) is 1. The maximum Gasteiger partial charge on any atom is 0.331 e. The van der Waals surface area contributed by atoms with Crippen LogP contribution in [-0.2, 0) is 14.4 Å². The number of carbonyl (C=O) groups excluding carboxylic acids is 3. The summed E-state index contributed by atoms with van der Waals surface area (Å²) < 4.78 is 0.864. The molecule has 1 saturated carbocycles. The highest BCUT2D eigenvalue weighted by atomic mass is 16.4. The van der Waals surface area contributed by atoms with Crippen molar-refractivity contribution in [3.05, 3.63) is 11.6 Å². The van der Waals surface area contributed by atoms with Gasteiger partial charge in [-0.15, -0.1) is 0 Å². The molecule has 2 aliphatic heterocycles. The Bertz CT molecular complexity index is 809. The Morgan fingerprint density at radius 3 is 2.56 bits per heavy atom. The summed E-state index contributed by atoms with van der Waals surface area (Å²) in [7, 11) is 1.37. The normalized spacial score (nSPS) is 37.1. The van der Waals surface area contributed by atoms with Crippen molar-refractivity contribution in [2.24, 2.45) is 11.8 Å². The molecule has 0 spiro atoms. The van der Waals surface area contributed by atoms with E-state index in [0.29, 0.717) is 12.5 Å². The Hall–Kier alpha value is -2.22. The molecule has 3 aliphatic rings. The van der Waals surface area contributed by atoms with E-state index in [-0.39, 0.29) is 29.5 Å². The predicted octanol–water partition coefficient (Wildman–Crippen LogP) is 3.07. The van der Waals surface area contributed by atoms with Crippen LogP contribution in [0.2, 0.25) is 0 Å². The summed E-state index contributed by atoms with van der Waals surface area (Å²) in [6.07, 6.45) is 9.32. The fraction of sp³-hybridized carbons (Fsp3) is 0.750. The number of hydrogen-bond acceptors (Lipinski definition) is 4. The average Bonchev–Trinajstić information content (AvgIpc) is 3.00. The van der Waals surface area contributed by atoms with Gasteiger partial charge in [-0.2, -0.15) is 0 Å². The van der Waals surface area contributed by atoms with E-state index in [4.69, 9.17) is 0 Å². The smallest absolute Gasteiger partial charge is 0.331 e. The Morgan fingerprint density at radius 2 is 1.91 bits per heavy atom. The molecular weight excluding hydrogens is 410 g/mol. The van der Waals surface area contributed by atoms with Crippen molar-refractivity contribution in [1.29, 1.82) is 0 Å². The first-order valence-electron chi connectivity index (χ1n) is 12.1. The Kier molecular flexibility index (Phi) is 7.43. The molecule has 6 atom stereocenters. The standard InChI is InChI=1S/C24H37N3O5/c1-5-6-7-11-27(19-10-8-9-17(13-19)23(30)31)15(2)12-18(16(27)3)14-20-21(28)25-24(32)26(4)22(20)29/h14-19H,5-13H2,1-4H3,(H-,25,28,30,31,32)/p+1/b20-14+. The van der Waals surface area contributed by atoms with Crippen LogP contribution < -0.4 is 5.32 Å². The van der Waals surface area contributed by atoms with Crippen LogP contribution >= 0.6 is 0 Å². The van der Waals surface area contributed by atoms with Crippen molar-refractivity contribution in [3.63, 3.8) is 0 Å². The van der Waals surface area contributed by atoms with Gasteiger partial charge in [0.2, 0.25) is 0 Å². The van der Waals surface area contributed by atoms with Gasteiger partial charge in [0.25, 0.3) is 11.8 Å². The van der Waals surface area contributed by atoms with Gasteiger partial charge in [-0.05, 0) is 46.0 Å². The second kappa shape index (κ2) is 9.73. The minimum absolute atomic E-state index is 0.0168. The number of rotatable bonds is 7. The fourth-order valence-corrected chi connectivity index (χ4v) is 6.49. The molecule has 4 amide bonds. The number of likely N-dealkylation sites (tertiary alicyclic amines) is 1. The largest absolute Gasteiger partial charge is 0.481 e. The van der Waals surface area contributed by atoms with Crippen LogP contribution in [0.3, 0.4) is 0 Å². The fourth-order valence-electron chi connectivity index (χ4n) is 6.49. The lowest BCUT2D eigenvalue weighted by Gasteiger charge is -2.51. The monoisotopic (exact) mass is 448 g/mol. The third-order valence-corrected chi connectivity index (χ3v) is 8.32. The molecule has 8 heteroatoms. The van der Waals surface area contributed by atoms with Crippen LogP contribution in [0.1, 0.15) is 72.1 Å². The highest BCUT2D eigenvalue weighted by Gasteiger charge is 2.55. The van der Waals surface area contributed by atoms with Crippen molar-refractivity contribution in [3.8, 4) is 0 Å². The van der Waals surface area contributed by atoms with Crippen molar-refractivity contribution >= 4 is 23.8 Å². The summed E-state index contributed by atoms with van der Waals surface area (Å²) in [5.41, 5.74) is 0.0387. The molecule has 0 aromatic rings. The third-order valence-electron chi connectivity index (χ3n) is 8.32. The van der Waals surface area contributed by atoms with Crippen LogP contribution in [0.5, 0.6) is 0 Å². The number of hydrogen-bond donors (Lipinski definition) is 2. The van der Waals surface area contributed by atoms with Crippen LogP contribution in [0.15, 0.2) is 11.6 Å². The number of carboxylic acids is 1. The molecule has 8 nitrogen and oxygen atoms in total. The minimum atomic E-state index is -0.698. The van der Waals surface area contributed by atoms with Gasteiger partial charge in [-0.1, -0.05) is 19.4 Å². The number of imide groups is 2. The molecule has 32 heavy (non-hydrogen) atoms. The van der Waals surface area contributed by atoms with E-state index in [1.807, 2.05) is 0 Å². The first-order valence-corrected chi connectivity index (χ1v) is 12.1. The molecule has 3 fully saturated rings. The molecule has 1 aliphatic carbocycles. The minimum Gasteiger partial charge on any atom is -0.481 e. The van der Waals surface area contributed by atoms with Gasteiger partial charge in [-0.3, -0.25) is 24.6 Å². The lowest BCUT2D eigenvalue weighted by Crippen LogP contribution is -2.63. The summed E-state index contributed by atoms with van der Waals surface area (Å²) in [5, 5.41) is 11.9. The van der Waals surface area contributed by atoms with Crippen LogP contribution in [-0.4, -0.2) is 70.0 Å². The quantitative estimate of drug-likeness (QED) is 0.270. The zero-order valence-electron chi connectivity index (χ0n) is 19.8. The molecule has 178 valence electrons. The first kappa shape index (κ1) is 24.4. The number of quaternary nitrogens is 1. The van der Waals surface area contributed by atoms with Gasteiger partial charge >= 0.3 is 12.0 Å². The molecule has 3 rings (SSSR count). The van der Waals surface area contributed by atoms with E-state index < -0.39 is 23.8 Å². The van der Waals surface area contributed by atoms with Crippen molar-refractivity contribution in [1.82, 2.24) is 10.2 Å². The van der Waals surface area contributed by atoms with E-state index in [2.05, 4.69) is 26.1 Å². The van der Waals surface area contributed by atoms with Crippen molar-refractivity contribution < 1.29 is 28.8 Å². The van der Waals surface area contributed by atoms with E-state index in [0.717, 1.165) is 60.9 Å². The van der Waals surface area contributed by atoms with Crippen LogP contribution in [0, 0.1) is 11.8 Å². The predicted molar refractivity (Wildman–Crippen MR) is 119 cm³/mol. The van der Waals surface area contributed by atoms with Gasteiger partial charge in [0, 0.05) is 25.8 Å². The molecular formula is C24H38N3O5+. The number of barbiturate groups is 1. The highest BCUT2D eigenvalue weighted by Crippen LogP contribution is 2.46. The van der Waals surface area contributed by atoms with E-state index in [9.17, 15) is 24.3 Å². The van der Waals surface area contributed by atoms with E-state index >= 15 is 0 Å². The van der Waals surface area contributed by atoms with Gasteiger partial charge in [0.15, 0.2) is 0 Å². The van der Waals surface area contributed by atoms with Crippen molar-refractivity contribution in [2.75, 3.05) is 13.6 Å². The number of amides is 4. The average molecular weight is 449 g/mol. The second-order valence-electron chi connectivity index (χ2n) is 9.97. The summed E-state index contributed by atoms with van der Waals surface area (Å²) in [5.74, 6) is -2.16. The summed E-state index contributed by atoms with van der Waals surface area (Å²) in [6, 6.07) is 0.0460. The number of carboxylic acid groups (broad SMARTS) is 1. The van der Waals surface area contributed by atoms with E-state index in [1.54, 1.807) is 6.08 Å². The van der Waals surface area contributed by atoms with Gasteiger partial charge < -0.3 is 9.59 Å². The number of urea groups is 1. The van der Waals surface area contributed by atoms with Crippen LogP contribution in [0.4, 0.5) is 4.79 Å². The van der Waals surface area contributed by atoms with Crippen LogP contribution in [0.25, 0.3) is 0 Å². The maximum absolute atomic E-state index is 12.6.